The lowest BCUT2D eigenvalue weighted by Gasteiger charge is -2.19. The zero-order valence-corrected chi connectivity index (χ0v) is 11.9. The van der Waals surface area contributed by atoms with Gasteiger partial charge in [-0.25, -0.2) is 9.78 Å². The average Bonchev–Trinajstić information content (AvgIpc) is 3.06. The third kappa shape index (κ3) is 2.27. The number of nitrogens with one attached hydrogen (secondary N) is 1. The molecule has 1 aliphatic rings. The Hall–Kier alpha value is -2.34. The summed E-state index contributed by atoms with van der Waals surface area (Å²) in [7, 11) is 0. The van der Waals surface area contributed by atoms with Crippen LogP contribution in [0.15, 0.2) is 41.1 Å². The molecule has 1 unspecified atom stereocenters. The Kier molecular flexibility index (Phi) is 3.17. The number of carbonyl (C=O) groups is 2. The number of imide groups is 1. The van der Waals surface area contributed by atoms with Crippen molar-refractivity contribution in [3.63, 3.8) is 0 Å². The Bertz CT molecular complexity index is 684. The van der Waals surface area contributed by atoms with Crippen LogP contribution in [-0.4, -0.2) is 21.8 Å². The van der Waals surface area contributed by atoms with E-state index in [0.717, 1.165) is 4.90 Å². The van der Waals surface area contributed by atoms with Gasteiger partial charge in [0, 0.05) is 6.20 Å². The van der Waals surface area contributed by atoms with Crippen molar-refractivity contribution in [1.82, 2.24) is 15.2 Å². The number of urea groups is 1. The smallest absolute Gasteiger partial charge is 0.325 e. The molecule has 7 heteroatoms. The molecule has 2 aromatic rings. The van der Waals surface area contributed by atoms with Crippen molar-refractivity contribution in [2.45, 2.75) is 19.0 Å². The molecule has 0 bridgehead atoms. The molecule has 108 valence electrons. The molecule has 1 aliphatic heterocycles. The lowest BCUT2D eigenvalue weighted by molar-refractivity contribution is -0.132. The standard InChI is InChI=1S/C14H12ClN3O3/c1-14(10-3-2-6-21-10)12(19)18(13(20)17-14)8-9-4-5-11(15)16-7-9/h2-7H,8H2,1H3,(H,17,20). The number of amides is 3. The first-order valence-corrected chi connectivity index (χ1v) is 6.67. The minimum Gasteiger partial charge on any atom is -0.466 e. The van der Waals surface area contributed by atoms with Crippen molar-refractivity contribution in [3.8, 4) is 0 Å². The summed E-state index contributed by atoms with van der Waals surface area (Å²) in [5.74, 6) is 0.0370. The van der Waals surface area contributed by atoms with Gasteiger partial charge in [0.25, 0.3) is 5.91 Å². The van der Waals surface area contributed by atoms with Gasteiger partial charge in [0.15, 0.2) is 5.54 Å². The van der Waals surface area contributed by atoms with Gasteiger partial charge in [0.1, 0.15) is 10.9 Å². The van der Waals surface area contributed by atoms with E-state index in [2.05, 4.69) is 10.3 Å². The molecule has 0 aliphatic carbocycles. The number of hydrogen-bond acceptors (Lipinski definition) is 4. The Labute approximate surface area is 125 Å². The second-order valence-electron chi connectivity index (χ2n) is 4.91. The van der Waals surface area contributed by atoms with E-state index < -0.39 is 11.6 Å². The minimum absolute atomic E-state index is 0.130. The fraction of sp³-hybridized carbons (Fsp3) is 0.214. The number of rotatable bonds is 3. The summed E-state index contributed by atoms with van der Waals surface area (Å²) in [6.45, 7) is 1.75. The molecule has 3 amide bonds. The number of aromatic nitrogens is 1. The maximum absolute atomic E-state index is 12.5. The maximum Gasteiger partial charge on any atom is 0.325 e. The molecule has 1 saturated heterocycles. The Morgan fingerprint density at radius 2 is 2.19 bits per heavy atom. The van der Waals surface area contributed by atoms with Gasteiger partial charge in [-0.3, -0.25) is 9.69 Å². The number of furan rings is 1. The number of pyridine rings is 1. The average molecular weight is 306 g/mol. The Morgan fingerprint density at radius 3 is 2.81 bits per heavy atom. The van der Waals surface area contributed by atoms with Crippen LogP contribution in [0.5, 0.6) is 0 Å². The van der Waals surface area contributed by atoms with Crippen molar-refractivity contribution >= 4 is 23.5 Å². The van der Waals surface area contributed by atoms with E-state index >= 15 is 0 Å². The minimum atomic E-state index is -1.18. The van der Waals surface area contributed by atoms with Crippen LogP contribution in [0.4, 0.5) is 4.79 Å². The largest absolute Gasteiger partial charge is 0.466 e. The maximum atomic E-state index is 12.5. The summed E-state index contributed by atoms with van der Waals surface area (Å²) in [4.78, 5) is 29.7. The molecule has 1 atom stereocenters. The lowest BCUT2D eigenvalue weighted by Crippen LogP contribution is -2.40. The van der Waals surface area contributed by atoms with E-state index in [1.165, 1.54) is 12.5 Å². The fourth-order valence-electron chi connectivity index (χ4n) is 2.25. The molecule has 1 fully saturated rings. The van der Waals surface area contributed by atoms with E-state index in [-0.39, 0.29) is 12.5 Å². The van der Waals surface area contributed by atoms with Crippen LogP contribution in [0.25, 0.3) is 0 Å². The molecule has 0 aromatic carbocycles. The number of carbonyl (C=O) groups excluding carboxylic acids is 2. The second-order valence-corrected chi connectivity index (χ2v) is 5.30. The molecule has 0 saturated carbocycles. The number of nitrogens with zero attached hydrogens (tertiary/aromatic N) is 2. The molecular formula is C14H12ClN3O3. The molecule has 2 aromatic heterocycles. The predicted octanol–water partition coefficient (Wildman–Crippen LogP) is 2.30. The van der Waals surface area contributed by atoms with E-state index in [0.29, 0.717) is 16.5 Å². The SMILES string of the molecule is CC1(c2ccco2)NC(=O)N(Cc2ccc(Cl)nc2)C1=O. The van der Waals surface area contributed by atoms with Crippen molar-refractivity contribution < 1.29 is 14.0 Å². The molecule has 0 spiro atoms. The Morgan fingerprint density at radius 1 is 1.38 bits per heavy atom. The molecule has 21 heavy (non-hydrogen) atoms. The first kappa shape index (κ1) is 13.6. The van der Waals surface area contributed by atoms with Crippen LogP contribution in [0, 0.1) is 0 Å². The van der Waals surface area contributed by atoms with Crippen molar-refractivity contribution in [3.05, 3.63) is 53.2 Å². The third-order valence-electron chi connectivity index (χ3n) is 3.42. The van der Waals surface area contributed by atoms with Gasteiger partial charge in [-0.1, -0.05) is 17.7 Å². The van der Waals surface area contributed by atoms with Crippen LogP contribution in [0.2, 0.25) is 5.15 Å². The van der Waals surface area contributed by atoms with E-state index in [1.54, 1.807) is 31.2 Å². The van der Waals surface area contributed by atoms with Gasteiger partial charge in [-0.15, -0.1) is 0 Å². The summed E-state index contributed by atoms with van der Waals surface area (Å²) in [6, 6.07) is 6.20. The Balaban J connectivity index is 1.86. The number of halogens is 1. The zero-order chi connectivity index (χ0) is 15.0. The highest BCUT2D eigenvalue weighted by molar-refractivity contribution is 6.29. The number of hydrogen-bond donors (Lipinski definition) is 1. The van der Waals surface area contributed by atoms with Gasteiger partial charge in [0.05, 0.1) is 12.8 Å². The van der Waals surface area contributed by atoms with Gasteiger partial charge in [-0.2, -0.15) is 0 Å². The fourth-order valence-corrected chi connectivity index (χ4v) is 2.36. The van der Waals surface area contributed by atoms with Gasteiger partial charge in [0.2, 0.25) is 0 Å². The van der Waals surface area contributed by atoms with Crippen molar-refractivity contribution in [2.75, 3.05) is 0 Å². The first-order valence-electron chi connectivity index (χ1n) is 6.29. The molecule has 1 N–H and O–H groups in total. The molecule has 0 radical (unpaired) electrons. The van der Waals surface area contributed by atoms with Gasteiger partial charge >= 0.3 is 6.03 Å². The quantitative estimate of drug-likeness (QED) is 0.697. The van der Waals surface area contributed by atoms with E-state index in [1.807, 2.05) is 0 Å². The highest BCUT2D eigenvalue weighted by Gasteiger charge is 2.50. The summed E-state index contributed by atoms with van der Waals surface area (Å²) >= 11 is 5.72. The van der Waals surface area contributed by atoms with Crippen molar-refractivity contribution in [2.24, 2.45) is 0 Å². The monoisotopic (exact) mass is 305 g/mol. The summed E-state index contributed by atoms with van der Waals surface area (Å²) < 4.78 is 5.26. The molecular weight excluding hydrogens is 294 g/mol. The van der Waals surface area contributed by atoms with Gasteiger partial charge in [-0.05, 0) is 30.7 Å². The predicted molar refractivity (Wildman–Crippen MR) is 74.4 cm³/mol. The van der Waals surface area contributed by atoms with E-state index in [4.69, 9.17) is 16.0 Å². The first-order chi connectivity index (χ1) is 10.0. The summed E-state index contributed by atoms with van der Waals surface area (Å²) in [5.41, 5.74) is -0.466. The normalized spacial score (nSPS) is 21.7. The zero-order valence-electron chi connectivity index (χ0n) is 11.2. The van der Waals surface area contributed by atoms with Crippen LogP contribution in [-0.2, 0) is 16.9 Å². The molecule has 6 nitrogen and oxygen atoms in total. The molecule has 3 rings (SSSR count). The van der Waals surface area contributed by atoms with Crippen LogP contribution in [0.1, 0.15) is 18.2 Å². The topological polar surface area (TPSA) is 75.4 Å². The van der Waals surface area contributed by atoms with Crippen LogP contribution < -0.4 is 5.32 Å². The molecule has 3 heterocycles. The van der Waals surface area contributed by atoms with Gasteiger partial charge < -0.3 is 9.73 Å². The summed E-state index contributed by atoms with van der Waals surface area (Å²) in [5, 5.41) is 3.02. The summed E-state index contributed by atoms with van der Waals surface area (Å²) in [6.07, 6.45) is 3.00. The van der Waals surface area contributed by atoms with Crippen LogP contribution in [0.3, 0.4) is 0 Å². The van der Waals surface area contributed by atoms with Crippen LogP contribution >= 0.6 is 11.6 Å². The highest BCUT2D eigenvalue weighted by Crippen LogP contribution is 2.29. The third-order valence-corrected chi connectivity index (χ3v) is 3.64. The lowest BCUT2D eigenvalue weighted by atomic mass is 9.99. The van der Waals surface area contributed by atoms with E-state index in [9.17, 15) is 9.59 Å². The second kappa shape index (κ2) is 4.89. The van der Waals surface area contributed by atoms with Crippen molar-refractivity contribution in [1.29, 1.82) is 0 Å². The highest BCUT2D eigenvalue weighted by atomic mass is 35.5.